The molecule has 3 N–H and O–H groups in total. The topological polar surface area (TPSA) is 137 Å². The van der Waals surface area contributed by atoms with Crippen molar-refractivity contribution in [1.29, 1.82) is 0 Å². The lowest BCUT2D eigenvalue weighted by Gasteiger charge is -2.36. The molecule has 1 aliphatic rings. The number of carboxylic acids is 1. The van der Waals surface area contributed by atoms with Crippen LogP contribution < -0.4 is 15.8 Å². The molecule has 3 heterocycles. The van der Waals surface area contributed by atoms with E-state index in [0.717, 1.165) is 6.07 Å². The highest BCUT2D eigenvalue weighted by Gasteiger charge is 2.25. The molecule has 4 aromatic rings. The number of hydrogen-bond acceptors (Lipinski definition) is 8. The van der Waals surface area contributed by atoms with Crippen molar-refractivity contribution in [2.75, 3.05) is 38.2 Å². The molecule has 5 rings (SSSR count). The third kappa shape index (κ3) is 5.53. The summed E-state index contributed by atoms with van der Waals surface area (Å²) in [7, 11) is 1.39. The summed E-state index contributed by atoms with van der Waals surface area (Å²) in [6.45, 7) is 4.59. The number of aryl methyl sites for hydroxylation is 1. The number of fused-ring (bicyclic) bond motifs is 2. The maximum atomic E-state index is 15.3. The van der Waals surface area contributed by atoms with Crippen molar-refractivity contribution >= 4 is 68.1 Å². The number of nitrogens with zero attached hydrogens (tertiary/aromatic N) is 6. The van der Waals surface area contributed by atoms with Gasteiger partial charge in [0.2, 0.25) is 16.4 Å². The number of carboxylic acid groups (broad SMARTS) is 1. The highest BCUT2D eigenvalue weighted by atomic mass is 35.5. The van der Waals surface area contributed by atoms with Crippen LogP contribution in [0.25, 0.3) is 21.8 Å². The average Bonchev–Trinajstić information content (AvgIpc) is 3.21. The molecular formula is C27H27ClFN7O5S. The lowest BCUT2D eigenvalue weighted by Crippen LogP contribution is -2.47. The number of aromatic carboxylic acids is 1. The van der Waals surface area contributed by atoms with Gasteiger partial charge in [-0.25, -0.2) is 14.7 Å². The average molecular weight is 616 g/mol. The van der Waals surface area contributed by atoms with Crippen LogP contribution in [-0.4, -0.2) is 68.6 Å². The summed E-state index contributed by atoms with van der Waals surface area (Å²) in [6, 6.07) is 7.91. The fourth-order valence-corrected chi connectivity index (χ4v) is 5.42. The number of pyridine rings is 1. The summed E-state index contributed by atoms with van der Waals surface area (Å²) >= 11 is 11.2. The third-order valence-electron chi connectivity index (χ3n) is 7.18. The molecule has 0 saturated carbocycles. The number of nitrogens with one attached hydrogen (secondary N) is 1. The van der Waals surface area contributed by atoms with Crippen molar-refractivity contribution in [3.05, 3.63) is 63.2 Å². The number of carbonyl (C=O) groups is 1. The van der Waals surface area contributed by atoms with Crippen molar-refractivity contribution < 1.29 is 24.2 Å². The van der Waals surface area contributed by atoms with E-state index in [0.29, 0.717) is 66.5 Å². The van der Waals surface area contributed by atoms with E-state index >= 15 is 4.39 Å². The molecule has 0 atom stereocenters. The summed E-state index contributed by atoms with van der Waals surface area (Å²) < 4.78 is 18.6. The summed E-state index contributed by atoms with van der Waals surface area (Å²) in [4.78, 5) is 32.9. The zero-order valence-electron chi connectivity index (χ0n) is 22.7. The quantitative estimate of drug-likeness (QED) is 0.156. The van der Waals surface area contributed by atoms with E-state index in [4.69, 9.17) is 28.7 Å². The summed E-state index contributed by atoms with van der Waals surface area (Å²) in [6.07, 6.45) is 1.29. The number of rotatable bonds is 7. The number of hydrogen-bond donors (Lipinski definition) is 3. The van der Waals surface area contributed by atoms with Gasteiger partial charge in [-0.05, 0) is 49.5 Å². The number of anilines is 1. The molecule has 220 valence electrons. The molecule has 0 aliphatic carbocycles. The smallest absolute Gasteiger partial charge is 0.341 e. The fourth-order valence-electron chi connectivity index (χ4n) is 5.13. The Balaban J connectivity index is 1.39. The van der Waals surface area contributed by atoms with E-state index in [1.165, 1.54) is 13.3 Å². The van der Waals surface area contributed by atoms with Crippen LogP contribution in [0.3, 0.4) is 0 Å². The van der Waals surface area contributed by atoms with Crippen LogP contribution in [0.15, 0.2) is 51.6 Å². The van der Waals surface area contributed by atoms with E-state index in [9.17, 15) is 19.8 Å². The van der Waals surface area contributed by atoms with Gasteiger partial charge >= 0.3 is 5.97 Å². The molecule has 15 heteroatoms. The van der Waals surface area contributed by atoms with Gasteiger partial charge in [0, 0.05) is 54.7 Å². The molecule has 2 aromatic carbocycles. The Morgan fingerprint density at radius 3 is 2.57 bits per heavy atom. The lowest BCUT2D eigenvalue weighted by atomic mass is 10.1. The molecule has 12 nitrogen and oxygen atoms in total. The highest BCUT2D eigenvalue weighted by molar-refractivity contribution is 7.80. The number of azo groups is 1. The zero-order chi connectivity index (χ0) is 30.1. The second-order valence-electron chi connectivity index (χ2n) is 9.60. The minimum Gasteiger partial charge on any atom is -0.493 e. The molecule has 0 spiro atoms. The maximum absolute atomic E-state index is 15.3. The van der Waals surface area contributed by atoms with E-state index in [1.807, 2.05) is 11.8 Å². The maximum Gasteiger partial charge on any atom is 0.341 e. The summed E-state index contributed by atoms with van der Waals surface area (Å²) in [5.41, 5.74) is 2.98. The van der Waals surface area contributed by atoms with Crippen LogP contribution in [-0.2, 0) is 18.1 Å². The number of benzene rings is 2. The Morgan fingerprint density at radius 1 is 1.17 bits per heavy atom. The number of piperazine rings is 1. The van der Waals surface area contributed by atoms with Gasteiger partial charge in [-0.1, -0.05) is 11.6 Å². The predicted molar refractivity (Wildman–Crippen MR) is 160 cm³/mol. The van der Waals surface area contributed by atoms with E-state index in [1.54, 1.807) is 33.4 Å². The van der Waals surface area contributed by atoms with Crippen LogP contribution >= 0.6 is 23.8 Å². The SMILES string of the molecule is CCn1cc(C(=O)O)c(=O)c2cc(F)c(N3CCN(Cn4c(O)c(N=NC(=S)NOC)c5cc(Cl)ccc54)CC3)cc21. The zero-order valence-corrected chi connectivity index (χ0v) is 24.2. The van der Waals surface area contributed by atoms with E-state index in [-0.39, 0.29) is 22.1 Å². The highest BCUT2D eigenvalue weighted by Crippen LogP contribution is 2.40. The number of halogens is 2. The van der Waals surface area contributed by atoms with Gasteiger partial charge in [-0.3, -0.25) is 19.1 Å². The second kappa shape index (κ2) is 12.0. The van der Waals surface area contributed by atoms with Crippen LogP contribution in [0, 0.1) is 5.82 Å². The molecule has 1 aliphatic heterocycles. The van der Waals surface area contributed by atoms with Gasteiger partial charge in [0.15, 0.2) is 5.69 Å². The van der Waals surface area contributed by atoms with Crippen LogP contribution in [0.2, 0.25) is 5.02 Å². The van der Waals surface area contributed by atoms with Gasteiger partial charge in [-0.2, -0.15) is 0 Å². The van der Waals surface area contributed by atoms with E-state index < -0.39 is 22.8 Å². The van der Waals surface area contributed by atoms with Crippen molar-refractivity contribution in [2.24, 2.45) is 10.2 Å². The summed E-state index contributed by atoms with van der Waals surface area (Å²) in [5, 5.41) is 29.6. The Morgan fingerprint density at radius 2 is 1.90 bits per heavy atom. The minimum atomic E-state index is -1.35. The first kappa shape index (κ1) is 29.4. The molecule has 2 aromatic heterocycles. The van der Waals surface area contributed by atoms with E-state index in [2.05, 4.69) is 20.6 Å². The molecule has 0 unspecified atom stereocenters. The first-order chi connectivity index (χ1) is 20.1. The first-order valence-electron chi connectivity index (χ1n) is 13.0. The van der Waals surface area contributed by atoms with Crippen molar-refractivity contribution in [3.8, 4) is 5.88 Å². The molecule has 1 saturated heterocycles. The fraction of sp³-hybridized carbons (Fsp3) is 0.296. The van der Waals surface area contributed by atoms with Gasteiger partial charge in [0.05, 0.1) is 30.5 Å². The molecule has 0 amide bonds. The number of aromatic hydroxyl groups is 1. The van der Waals surface area contributed by atoms with Gasteiger partial charge in [0.1, 0.15) is 11.4 Å². The predicted octanol–water partition coefficient (Wildman–Crippen LogP) is 4.47. The molecule has 0 bridgehead atoms. The van der Waals surface area contributed by atoms with Gasteiger partial charge < -0.3 is 19.7 Å². The Bertz CT molecular complexity index is 1800. The standard InChI is InChI=1S/C27H27ClFN7O5S/c1-3-34-13-18(26(39)40)24(37)17-11-19(29)22(12-21(17)34)35-8-6-33(7-9-35)14-36-20-5-4-15(28)10-16(20)23(25(36)38)30-31-27(42)32-41-2/h4-5,10-13,38H,3,6-9,14H2,1-2H3,(H,32,42)(H,39,40). The van der Waals surface area contributed by atoms with Crippen LogP contribution in [0.5, 0.6) is 5.88 Å². The largest absolute Gasteiger partial charge is 0.493 e. The second-order valence-corrected chi connectivity index (χ2v) is 10.4. The number of aromatic nitrogens is 2. The monoisotopic (exact) mass is 615 g/mol. The Kier molecular flexibility index (Phi) is 8.41. The van der Waals surface area contributed by atoms with Crippen molar-refractivity contribution in [2.45, 2.75) is 20.1 Å². The minimum absolute atomic E-state index is 0.0184. The third-order valence-corrected chi connectivity index (χ3v) is 7.58. The van der Waals surface area contributed by atoms with Gasteiger partial charge in [-0.15, -0.1) is 10.2 Å². The molecular weight excluding hydrogens is 589 g/mol. The number of thiocarbonyl (C=S) groups is 1. The first-order valence-corrected chi connectivity index (χ1v) is 13.7. The van der Waals surface area contributed by atoms with Crippen LogP contribution in [0.1, 0.15) is 17.3 Å². The van der Waals surface area contributed by atoms with Crippen molar-refractivity contribution in [3.63, 3.8) is 0 Å². The Labute approximate surface area is 249 Å². The van der Waals surface area contributed by atoms with Crippen LogP contribution in [0.4, 0.5) is 15.8 Å². The Hall–Kier alpha value is -4.11. The normalized spacial score (nSPS) is 14.3. The molecule has 0 radical (unpaired) electrons. The molecule has 42 heavy (non-hydrogen) atoms. The van der Waals surface area contributed by atoms with Gasteiger partial charge in [0.25, 0.3) is 0 Å². The summed E-state index contributed by atoms with van der Waals surface area (Å²) in [5.74, 6) is -2.06. The number of hydroxylamine groups is 1. The lowest BCUT2D eigenvalue weighted by molar-refractivity contribution is 0.0695. The van der Waals surface area contributed by atoms with Crippen molar-refractivity contribution in [1.82, 2.24) is 19.5 Å². The molecule has 1 fully saturated rings.